The van der Waals surface area contributed by atoms with E-state index < -0.39 is 0 Å². The highest BCUT2D eigenvalue weighted by Crippen LogP contribution is 2.44. The fraction of sp³-hybridized carbons (Fsp3) is 0.459. The maximum Gasteiger partial charge on any atom is 0.319 e. The Morgan fingerprint density at radius 2 is 1.63 bits per heavy atom. The zero-order chi connectivity index (χ0) is 33.0. The molecular weight excluding hydrogens is 602 g/mol. The minimum Gasteiger partial charge on any atom is -0.493 e. The summed E-state index contributed by atoms with van der Waals surface area (Å²) >= 11 is 6.28. The van der Waals surface area contributed by atoms with Gasteiger partial charge < -0.3 is 24.0 Å². The maximum atomic E-state index is 13.9. The van der Waals surface area contributed by atoms with Crippen molar-refractivity contribution < 1.29 is 23.8 Å². The van der Waals surface area contributed by atoms with E-state index in [0.717, 1.165) is 60.3 Å². The van der Waals surface area contributed by atoms with Crippen molar-refractivity contribution >= 4 is 34.9 Å². The molecule has 0 saturated heterocycles. The van der Waals surface area contributed by atoms with Gasteiger partial charge in [-0.3, -0.25) is 14.5 Å². The lowest BCUT2D eigenvalue weighted by Gasteiger charge is -2.38. The highest BCUT2D eigenvalue weighted by molar-refractivity contribution is 6.30. The van der Waals surface area contributed by atoms with E-state index >= 15 is 0 Å². The van der Waals surface area contributed by atoms with Crippen LogP contribution in [0.4, 0.5) is 11.4 Å². The van der Waals surface area contributed by atoms with E-state index in [4.69, 9.17) is 25.8 Å². The first-order valence-corrected chi connectivity index (χ1v) is 16.5. The average Bonchev–Trinajstić information content (AvgIpc) is 3.04. The molecule has 2 aliphatic rings. The molecule has 246 valence electrons. The fourth-order valence-electron chi connectivity index (χ4n) is 6.85. The number of ether oxygens (including phenoxy) is 3. The lowest BCUT2D eigenvalue weighted by molar-refractivity contribution is -0.142. The summed E-state index contributed by atoms with van der Waals surface area (Å²) in [6.07, 6.45) is 4.62. The number of benzene rings is 3. The predicted octanol–water partition coefficient (Wildman–Crippen LogP) is 6.91. The Morgan fingerprint density at radius 3 is 2.24 bits per heavy atom. The van der Waals surface area contributed by atoms with Crippen LogP contribution < -0.4 is 19.3 Å². The molecule has 1 saturated carbocycles. The van der Waals surface area contributed by atoms with Gasteiger partial charge in [0.2, 0.25) is 5.91 Å². The van der Waals surface area contributed by atoms with Crippen LogP contribution in [0.15, 0.2) is 60.7 Å². The predicted molar refractivity (Wildman–Crippen MR) is 183 cm³/mol. The van der Waals surface area contributed by atoms with Crippen molar-refractivity contribution in [1.29, 1.82) is 0 Å². The summed E-state index contributed by atoms with van der Waals surface area (Å²) in [6.45, 7) is 5.27. The third-order valence-corrected chi connectivity index (χ3v) is 9.54. The summed E-state index contributed by atoms with van der Waals surface area (Å²) in [5.41, 5.74) is 4.85. The summed E-state index contributed by atoms with van der Waals surface area (Å²) in [7, 11) is 7.20. The number of rotatable bonds is 11. The van der Waals surface area contributed by atoms with E-state index in [9.17, 15) is 9.59 Å². The van der Waals surface area contributed by atoms with E-state index in [0.29, 0.717) is 35.0 Å². The minimum atomic E-state index is -0.356. The Morgan fingerprint density at radius 1 is 0.957 bits per heavy atom. The van der Waals surface area contributed by atoms with Gasteiger partial charge in [0, 0.05) is 36.0 Å². The number of methoxy groups -OCH3 is 2. The lowest BCUT2D eigenvalue weighted by Crippen LogP contribution is -2.41. The van der Waals surface area contributed by atoms with Crippen molar-refractivity contribution in [1.82, 2.24) is 4.90 Å². The molecular formula is C37H46ClN3O5. The number of hydrogen-bond donors (Lipinski definition) is 0. The number of amides is 1. The number of carbonyl (C=O) groups excluding carboxylic acids is 2. The third kappa shape index (κ3) is 7.61. The average molecular weight is 648 g/mol. The van der Waals surface area contributed by atoms with Gasteiger partial charge in [-0.05, 0) is 118 Å². The highest BCUT2D eigenvalue weighted by Gasteiger charge is 2.36. The van der Waals surface area contributed by atoms with Crippen LogP contribution in [0.25, 0.3) is 0 Å². The van der Waals surface area contributed by atoms with Crippen molar-refractivity contribution in [2.24, 2.45) is 5.92 Å². The second kappa shape index (κ2) is 14.8. The molecule has 0 aromatic heterocycles. The molecule has 1 aliphatic carbocycles. The van der Waals surface area contributed by atoms with Crippen molar-refractivity contribution in [3.63, 3.8) is 0 Å². The summed E-state index contributed by atoms with van der Waals surface area (Å²) in [5, 5.41) is 0.644. The Balaban J connectivity index is 1.35. The van der Waals surface area contributed by atoms with Gasteiger partial charge in [-0.15, -0.1) is 0 Å². The molecule has 1 fully saturated rings. The van der Waals surface area contributed by atoms with Crippen LogP contribution in [0.5, 0.6) is 11.5 Å². The number of likely N-dealkylation sites (N-methyl/N-ethyl adjacent to an activating group) is 1. The molecule has 1 unspecified atom stereocenters. The molecule has 46 heavy (non-hydrogen) atoms. The molecule has 3 aromatic carbocycles. The van der Waals surface area contributed by atoms with Crippen LogP contribution in [0, 0.1) is 5.92 Å². The van der Waals surface area contributed by atoms with E-state index in [1.807, 2.05) is 74.3 Å². The fourth-order valence-corrected chi connectivity index (χ4v) is 6.98. The van der Waals surface area contributed by atoms with Crippen LogP contribution in [-0.4, -0.2) is 70.3 Å². The summed E-state index contributed by atoms with van der Waals surface area (Å²) in [4.78, 5) is 31.9. The maximum absolute atomic E-state index is 13.9. The summed E-state index contributed by atoms with van der Waals surface area (Å²) in [5.74, 6) is 1.69. The number of fused-ring (bicyclic) bond motifs is 1. The Kier molecular flexibility index (Phi) is 10.8. The van der Waals surface area contributed by atoms with Gasteiger partial charge in [-0.1, -0.05) is 23.7 Å². The molecule has 0 radical (unpaired) electrons. The summed E-state index contributed by atoms with van der Waals surface area (Å²) in [6, 6.07) is 20.0. The molecule has 0 spiro atoms. The van der Waals surface area contributed by atoms with Crippen LogP contribution in [-0.2, 0) is 20.7 Å². The largest absolute Gasteiger partial charge is 0.493 e. The van der Waals surface area contributed by atoms with Gasteiger partial charge in [0.25, 0.3) is 0 Å². The van der Waals surface area contributed by atoms with Crippen LogP contribution in [0.2, 0.25) is 5.02 Å². The first-order valence-electron chi connectivity index (χ1n) is 16.1. The highest BCUT2D eigenvalue weighted by atomic mass is 35.5. The van der Waals surface area contributed by atoms with E-state index in [2.05, 4.69) is 29.0 Å². The van der Waals surface area contributed by atoms with Crippen LogP contribution in [0.3, 0.4) is 0 Å². The van der Waals surface area contributed by atoms with Crippen LogP contribution in [0.1, 0.15) is 62.3 Å². The summed E-state index contributed by atoms with van der Waals surface area (Å²) < 4.78 is 16.6. The molecule has 0 N–H and O–H groups in total. The molecule has 1 aliphatic heterocycles. The van der Waals surface area contributed by atoms with Gasteiger partial charge in [-0.2, -0.15) is 0 Å². The standard InChI is InChI=1S/C37H46ClN3O5/c1-24(2)46-34-21-32-27(19-33(34)44-5)20-35(42)41(37(32)26-9-11-28(38)12-10-26)31-17-15-30(16-18-31)39(3)22-25-7-13-29(14-8-25)40(4)23-36(43)45-6/h9-12,15-19,21,24-25,29,37H,7-8,13-14,20,22-23H2,1-6H3. The van der Waals surface area contributed by atoms with Crippen molar-refractivity contribution in [3.05, 3.63) is 82.4 Å². The second-order valence-electron chi connectivity index (χ2n) is 12.8. The first kappa shape index (κ1) is 33.6. The topological polar surface area (TPSA) is 71.6 Å². The molecule has 8 nitrogen and oxygen atoms in total. The van der Waals surface area contributed by atoms with Gasteiger partial charge in [-0.25, -0.2) is 0 Å². The Labute approximate surface area is 278 Å². The van der Waals surface area contributed by atoms with Gasteiger partial charge >= 0.3 is 5.97 Å². The number of esters is 1. The van der Waals surface area contributed by atoms with Gasteiger partial charge in [0.15, 0.2) is 11.5 Å². The van der Waals surface area contributed by atoms with Gasteiger partial charge in [0.05, 0.1) is 39.3 Å². The number of halogens is 1. The first-order chi connectivity index (χ1) is 22.1. The molecule has 9 heteroatoms. The number of nitrogens with zero attached hydrogens (tertiary/aromatic N) is 3. The van der Waals surface area contributed by atoms with Crippen LogP contribution >= 0.6 is 11.6 Å². The SMILES string of the molecule is COC(=O)CN(C)C1CCC(CN(C)c2ccc(N3C(=O)Cc4cc(OC)c(OC(C)C)cc4C3c3ccc(Cl)cc3)cc2)CC1. The second-order valence-corrected chi connectivity index (χ2v) is 13.3. The zero-order valence-electron chi connectivity index (χ0n) is 27.8. The Bertz CT molecular complexity index is 1500. The molecule has 3 aromatic rings. The third-order valence-electron chi connectivity index (χ3n) is 9.28. The molecule has 1 amide bonds. The van der Waals surface area contributed by atoms with E-state index in [1.165, 1.54) is 7.11 Å². The molecule has 5 rings (SSSR count). The van der Waals surface area contributed by atoms with Crippen molar-refractivity contribution in [2.75, 3.05) is 51.2 Å². The smallest absolute Gasteiger partial charge is 0.319 e. The minimum absolute atomic E-state index is 0.0158. The van der Waals surface area contributed by atoms with E-state index in [-0.39, 0.29) is 30.4 Å². The number of hydrogen-bond acceptors (Lipinski definition) is 7. The molecule has 1 atom stereocenters. The zero-order valence-corrected chi connectivity index (χ0v) is 28.5. The molecule has 0 bridgehead atoms. The number of anilines is 2. The lowest BCUT2D eigenvalue weighted by atomic mass is 9.85. The van der Waals surface area contributed by atoms with Crippen molar-refractivity contribution in [3.8, 4) is 11.5 Å². The quantitative estimate of drug-likeness (QED) is 0.209. The Hall–Kier alpha value is -3.75. The van der Waals surface area contributed by atoms with Gasteiger partial charge in [0.1, 0.15) is 0 Å². The van der Waals surface area contributed by atoms with Crippen molar-refractivity contribution in [2.45, 2.75) is 64.1 Å². The van der Waals surface area contributed by atoms with E-state index in [1.54, 1.807) is 7.11 Å². The molecule has 1 heterocycles. The monoisotopic (exact) mass is 647 g/mol. The number of carbonyl (C=O) groups is 2. The normalized spacial score (nSPS) is 19.6.